The van der Waals surface area contributed by atoms with Gasteiger partial charge in [-0.05, 0) is 23.3 Å². The molecule has 1 aromatic heterocycles. The first kappa shape index (κ1) is 19.9. The van der Waals surface area contributed by atoms with Gasteiger partial charge >= 0.3 is 0 Å². The minimum absolute atomic E-state index is 0. The third-order valence-corrected chi connectivity index (χ3v) is 3.71. The van der Waals surface area contributed by atoms with Crippen molar-refractivity contribution >= 4 is 29.9 Å². The fourth-order valence-corrected chi connectivity index (χ4v) is 2.44. The van der Waals surface area contributed by atoms with Gasteiger partial charge in [0.15, 0.2) is 5.96 Å². The molecule has 0 aliphatic rings. The van der Waals surface area contributed by atoms with E-state index in [4.69, 9.17) is 0 Å². The largest absolute Gasteiger partial charge is 0.352 e. The number of aliphatic imine (C=N–C) groups is 1. The van der Waals surface area contributed by atoms with E-state index in [0.717, 1.165) is 22.6 Å². The molecule has 0 fully saturated rings. The Morgan fingerprint density at radius 2 is 1.85 bits per heavy atom. The van der Waals surface area contributed by atoms with Crippen LogP contribution in [0.15, 0.2) is 65.8 Å². The van der Waals surface area contributed by atoms with E-state index in [0.29, 0.717) is 19.0 Å². The van der Waals surface area contributed by atoms with E-state index in [1.807, 2.05) is 42.6 Å². The molecule has 0 saturated heterocycles. The zero-order chi connectivity index (χ0) is 17.5. The number of H-pyrrole nitrogens is 1. The topological polar surface area (TPSA) is 65.1 Å². The molecular formula is C19H21FIN5. The molecule has 0 radical (unpaired) electrons. The summed E-state index contributed by atoms with van der Waals surface area (Å²) >= 11 is 0. The van der Waals surface area contributed by atoms with E-state index < -0.39 is 0 Å². The standard InChI is InChI=1S/C19H20FN5.HI/c1-21-19(23-11-14-6-5-9-16(20)10-14)24-13-18-22-12-17(25-18)15-7-3-2-4-8-15;/h2-10,12H,11,13H2,1H3,(H,22,25)(H2,21,23,24);1H. The highest BCUT2D eigenvalue weighted by atomic mass is 127. The van der Waals surface area contributed by atoms with Crippen LogP contribution in [-0.4, -0.2) is 23.0 Å². The second-order valence-corrected chi connectivity index (χ2v) is 5.52. The Labute approximate surface area is 169 Å². The Kier molecular flexibility index (Phi) is 7.58. The van der Waals surface area contributed by atoms with Crippen LogP contribution in [0, 0.1) is 5.82 Å². The molecule has 0 spiro atoms. The van der Waals surface area contributed by atoms with Gasteiger partial charge in [0.2, 0.25) is 0 Å². The highest BCUT2D eigenvalue weighted by molar-refractivity contribution is 14.0. The molecule has 0 unspecified atom stereocenters. The predicted molar refractivity (Wildman–Crippen MR) is 113 cm³/mol. The molecule has 0 saturated carbocycles. The lowest BCUT2D eigenvalue weighted by Gasteiger charge is -2.11. The van der Waals surface area contributed by atoms with Gasteiger partial charge in [-0.3, -0.25) is 4.99 Å². The zero-order valence-electron chi connectivity index (χ0n) is 14.4. The van der Waals surface area contributed by atoms with Gasteiger partial charge in [0.1, 0.15) is 11.6 Å². The summed E-state index contributed by atoms with van der Waals surface area (Å²) in [6, 6.07) is 16.5. The Bertz CT molecular complexity index is 848. The van der Waals surface area contributed by atoms with E-state index in [1.54, 1.807) is 13.1 Å². The summed E-state index contributed by atoms with van der Waals surface area (Å²) in [6.07, 6.45) is 1.81. The molecule has 0 aliphatic carbocycles. The van der Waals surface area contributed by atoms with Crippen molar-refractivity contribution in [1.82, 2.24) is 20.6 Å². The maximum Gasteiger partial charge on any atom is 0.191 e. The molecule has 0 atom stereocenters. The Hall–Kier alpha value is -2.42. The molecule has 3 N–H and O–H groups in total. The summed E-state index contributed by atoms with van der Waals surface area (Å²) in [5.41, 5.74) is 2.92. The lowest BCUT2D eigenvalue weighted by molar-refractivity contribution is 0.624. The minimum atomic E-state index is -0.244. The number of aromatic amines is 1. The maximum absolute atomic E-state index is 13.2. The summed E-state index contributed by atoms with van der Waals surface area (Å²) in [7, 11) is 1.69. The van der Waals surface area contributed by atoms with E-state index in [1.165, 1.54) is 12.1 Å². The van der Waals surface area contributed by atoms with Gasteiger partial charge in [-0.1, -0.05) is 42.5 Å². The van der Waals surface area contributed by atoms with Gasteiger partial charge < -0.3 is 15.6 Å². The molecule has 136 valence electrons. The zero-order valence-corrected chi connectivity index (χ0v) is 16.7. The number of nitrogens with zero attached hydrogens (tertiary/aromatic N) is 2. The summed E-state index contributed by atoms with van der Waals surface area (Å²) < 4.78 is 13.2. The van der Waals surface area contributed by atoms with Crippen molar-refractivity contribution in [3.05, 3.63) is 78.0 Å². The number of benzene rings is 2. The number of halogens is 2. The third kappa shape index (κ3) is 5.55. The average molecular weight is 465 g/mol. The lowest BCUT2D eigenvalue weighted by Crippen LogP contribution is -2.36. The predicted octanol–water partition coefficient (Wildman–Crippen LogP) is 3.70. The van der Waals surface area contributed by atoms with Gasteiger partial charge in [-0.15, -0.1) is 24.0 Å². The van der Waals surface area contributed by atoms with Crippen molar-refractivity contribution in [3.8, 4) is 11.3 Å². The number of rotatable bonds is 5. The monoisotopic (exact) mass is 465 g/mol. The Morgan fingerprint density at radius 3 is 2.58 bits per heavy atom. The number of nitrogens with one attached hydrogen (secondary N) is 3. The molecule has 0 amide bonds. The molecule has 3 rings (SSSR count). The van der Waals surface area contributed by atoms with Gasteiger partial charge in [0.25, 0.3) is 0 Å². The Balaban J connectivity index is 0.00000243. The fraction of sp³-hybridized carbons (Fsp3) is 0.158. The van der Waals surface area contributed by atoms with Crippen LogP contribution in [0.3, 0.4) is 0 Å². The molecule has 0 aliphatic heterocycles. The average Bonchev–Trinajstić information content (AvgIpc) is 3.12. The van der Waals surface area contributed by atoms with E-state index >= 15 is 0 Å². The molecule has 2 aromatic carbocycles. The van der Waals surface area contributed by atoms with Crippen LogP contribution >= 0.6 is 24.0 Å². The Morgan fingerprint density at radius 1 is 1.08 bits per heavy atom. The summed E-state index contributed by atoms with van der Waals surface area (Å²) in [4.78, 5) is 11.8. The van der Waals surface area contributed by atoms with Crippen LogP contribution in [0.1, 0.15) is 11.4 Å². The van der Waals surface area contributed by atoms with Gasteiger partial charge in [-0.25, -0.2) is 9.37 Å². The van der Waals surface area contributed by atoms with Gasteiger partial charge in [-0.2, -0.15) is 0 Å². The van der Waals surface area contributed by atoms with Crippen molar-refractivity contribution in [3.63, 3.8) is 0 Å². The number of hydrogen-bond donors (Lipinski definition) is 3. The van der Waals surface area contributed by atoms with Crippen LogP contribution < -0.4 is 10.6 Å². The summed E-state index contributed by atoms with van der Waals surface area (Å²) in [5, 5.41) is 6.34. The lowest BCUT2D eigenvalue weighted by atomic mass is 10.2. The van der Waals surface area contributed by atoms with Crippen LogP contribution in [0.4, 0.5) is 4.39 Å². The number of hydrogen-bond acceptors (Lipinski definition) is 2. The first-order valence-electron chi connectivity index (χ1n) is 8.03. The molecule has 26 heavy (non-hydrogen) atoms. The van der Waals surface area contributed by atoms with Gasteiger partial charge in [0, 0.05) is 13.6 Å². The van der Waals surface area contributed by atoms with E-state index in [-0.39, 0.29) is 29.8 Å². The van der Waals surface area contributed by atoms with Crippen molar-refractivity contribution in [2.45, 2.75) is 13.1 Å². The first-order valence-corrected chi connectivity index (χ1v) is 8.03. The molecular weight excluding hydrogens is 444 g/mol. The highest BCUT2D eigenvalue weighted by Crippen LogP contribution is 2.15. The molecule has 1 heterocycles. The SMILES string of the molecule is CN=C(NCc1cccc(F)c1)NCc1ncc(-c2ccccc2)[nH]1.I. The van der Waals surface area contributed by atoms with E-state index in [2.05, 4.69) is 25.6 Å². The maximum atomic E-state index is 13.2. The van der Waals surface area contributed by atoms with Crippen LogP contribution in [-0.2, 0) is 13.1 Å². The van der Waals surface area contributed by atoms with Crippen molar-refractivity contribution < 1.29 is 4.39 Å². The highest BCUT2D eigenvalue weighted by Gasteiger charge is 2.04. The molecule has 5 nitrogen and oxygen atoms in total. The molecule has 7 heteroatoms. The van der Waals surface area contributed by atoms with Crippen molar-refractivity contribution in [1.29, 1.82) is 0 Å². The quantitative estimate of drug-likeness (QED) is 0.306. The van der Waals surface area contributed by atoms with Crippen molar-refractivity contribution in [2.24, 2.45) is 4.99 Å². The van der Waals surface area contributed by atoms with Crippen LogP contribution in [0.25, 0.3) is 11.3 Å². The number of guanidine groups is 1. The first-order chi connectivity index (χ1) is 12.2. The summed E-state index contributed by atoms with van der Waals surface area (Å²) in [6.45, 7) is 1.00. The van der Waals surface area contributed by atoms with Crippen LogP contribution in [0.5, 0.6) is 0 Å². The molecule has 0 bridgehead atoms. The number of imidazole rings is 1. The van der Waals surface area contributed by atoms with Gasteiger partial charge in [0.05, 0.1) is 18.4 Å². The fourth-order valence-electron chi connectivity index (χ4n) is 2.44. The van der Waals surface area contributed by atoms with Crippen LogP contribution in [0.2, 0.25) is 0 Å². The second kappa shape index (κ2) is 9.91. The minimum Gasteiger partial charge on any atom is -0.352 e. The smallest absolute Gasteiger partial charge is 0.191 e. The number of aromatic nitrogens is 2. The third-order valence-electron chi connectivity index (χ3n) is 3.71. The normalized spacial score (nSPS) is 10.9. The van der Waals surface area contributed by atoms with E-state index in [9.17, 15) is 4.39 Å². The summed E-state index contributed by atoms with van der Waals surface area (Å²) in [5.74, 6) is 1.20. The molecule has 3 aromatic rings. The van der Waals surface area contributed by atoms with Crippen molar-refractivity contribution in [2.75, 3.05) is 7.05 Å². The second-order valence-electron chi connectivity index (χ2n) is 5.52.